The van der Waals surface area contributed by atoms with Gasteiger partial charge in [0.25, 0.3) is 5.91 Å². The minimum atomic E-state index is -0.0962. The number of ether oxygens (including phenoxy) is 1. The maximum atomic E-state index is 13.3. The average Bonchev–Trinajstić information content (AvgIpc) is 3.27. The molecule has 0 unspecified atom stereocenters. The highest BCUT2D eigenvalue weighted by atomic mass is 79.9. The number of fused-ring (bicyclic) bond motifs is 1. The Balaban J connectivity index is 1.73. The minimum absolute atomic E-state index is 0.0418. The van der Waals surface area contributed by atoms with Crippen LogP contribution in [0.1, 0.15) is 56.5 Å². The predicted molar refractivity (Wildman–Crippen MR) is 129 cm³/mol. The van der Waals surface area contributed by atoms with Crippen LogP contribution in [0.5, 0.6) is 0 Å². The van der Waals surface area contributed by atoms with Gasteiger partial charge in [-0.2, -0.15) is 0 Å². The lowest BCUT2D eigenvalue weighted by Crippen LogP contribution is -2.40. The number of amides is 1. The Morgan fingerprint density at radius 3 is 2.55 bits per heavy atom. The Bertz CT molecular complexity index is 1100. The number of pyridine rings is 1. The number of hydrogen-bond acceptors (Lipinski definition) is 3. The zero-order chi connectivity index (χ0) is 22.2. The molecular weight excluding hydrogens is 452 g/mol. The molecule has 1 N–H and O–H groups in total. The summed E-state index contributed by atoms with van der Waals surface area (Å²) in [5.74, 6) is -0.0962. The highest BCUT2D eigenvalue weighted by Crippen LogP contribution is 2.29. The first-order chi connectivity index (χ1) is 14.7. The fraction of sp³-hybridized carbons (Fsp3) is 0.385. The number of carbonyl (C=O) groups excluding carboxylic acids is 1. The first-order valence-corrected chi connectivity index (χ1v) is 11.7. The maximum Gasteiger partial charge on any atom is 0.252 e. The van der Waals surface area contributed by atoms with Crippen LogP contribution in [-0.2, 0) is 10.2 Å². The van der Waals surface area contributed by atoms with Crippen molar-refractivity contribution in [3.8, 4) is 11.3 Å². The van der Waals surface area contributed by atoms with Gasteiger partial charge in [-0.15, -0.1) is 0 Å². The van der Waals surface area contributed by atoms with Crippen LogP contribution in [0, 0.1) is 0 Å². The number of rotatable bonds is 4. The molecule has 1 aliphatic heterocycles. The molecule has 1 saturated heterocycles. The minimum Gasteiger partial charge on any atom is -0.376 e. The summed E-state index contributed by atoms with van der Waals surface area (Å²) in [4.78, 5) is 18.1. The van der Waals surface area contributed by atoms with Gasteiger partial charge in [-0.1, -0.05) is 61.0 Å². The van der Waals surface area contributed by atoms with Crippen LogP contribution in [-0.4, -0.2) is 29.6 Å². The molecule has 0 spiro atoms. The number of halogens is 1. The SMILES string of the molecule is C[C@H](NC(=O)c1cc(-c2ccc(C(C)(C)C)cc2)nc2ccc(Br)cc12)[C@@H]1CCCO1. The first kappa shape index (κ1) is 22.0. The van der Waals surface area contributed by atoms with Gasteiger partial charge in [-0.05, 0) is 55.0 Å². The monoisotopic (exact) mass is 480 g/mol. The summed E-state index contributed by atoms with van der Waals surface area (Å²) in [7, 11) is 0. The van der Waals surface area contributed by atoms with Gasteiger partial charge in [0, 0.05) is 22.0 Å². The second kappa shape index (κ2) is 8.71. The summed E-state index contributed by atoms with van der Waals surface area (Å²) in [6.07, 6.45) is 2.10. The lowest BCUT2D eigenvalue weighted by atomic mass is 9.86. The van der Waals surface area contributed by atoms with Crippen LogP contribution in [0.15, 0.2) is 53.0 Å². The van der Waals surface area contributed by atoms with Crippen molar-refractivity contribution in [3.05, 3.63) is 64.1 Å². The van der Waals surface area contributed by atoms with E-state index in [4.69, 9.17) is 9.72 Å². The van der Waals surface area contributed by atoms with Crippen molar-refractivity contribution in [2.24, 2.45) is 0 Å². The molecule has 3 aromatic rings. The van der Waals surface area contributed by atoms with E-state index in [0.29, 0.717) is 5.56 Å². The second-order valence-electron chi connectivity index (χ2n) is 9.36. The van der Waals surface area contributed by atoms with Crippen LogP contribution >= 0.6 is 15.9 Å². The summed E-state index contributed by atoms with van der Waals surface area (Å²) in [5, 5.41) is 3.99. The second-order valence-corrected chi connectivity index (χ2v) is 10.3. The number of nitrogens with one attached hydrogen (secondary N) is 1. The lowest BCUT2D eigenvalue weighted by Gasteiger charge is -2.21. The standard InChI is InChI=1S/C26H29BrN2O2/c1-16(24-6-5-13-31-24)28-25(30)21-15-23(29-22-12-11-19(27)14-20(21)22)17-7-9-18(10-8-17)26(2,3)4/h7-12,14-16,24H,5-6,13H2,1-4H3,(H,28,30)/t16-,24-/m0/s1. The van der Waals surface area contributed by atoms with Gasteiger partial charge in [0.1, 0.15) is 0 Å². The van der Waals surface area contributed by atoms with Crippen LogP contribution in [0.4, 0.5) is 0 Å². The molecule has 5 heteroatoms. The number of nitrogens with zero attached hydrogens (tertiary/aromatic N) is 1. The van der Waals surface area contributed by atoms with E-state index in [0.717, 1.165) is 46.1 Å². The van der Waals surface area contributed by atoms with Gasteiger partial charge in [0.2, 0.25) is 0 Å². The van der Waals surface area contributed by atoms with Crippen LogP contribution in [0.25, 0.3) is 22.2 Å². The van der Waals surface area contributed by atoms with Gasteiger partial charge < -0.3 is 10.1 Å². The Hall–Kier alpha value is -2.24. The van der Waals surface area contributed by atoms with Crippen molar-refractivity contribution in [1.29, 1.82) is 0 Å². The quantitative estimate of drug-likeness (QED) is 0.479. The zero-order valence-electron chi connectivity index (χ0n) is 18.5. The van der Waals surface area contributed by atoms with E-state index in [1.165, 1.54) is 5.56 Å². The third-order valence-electron chi connectivity index (χ3n) is 5.94. The van der Waals surface area contributed by atoms with Crippen molar-refractivity contribution in [3.63, 3.8) is 0 Å². The summed E-state index contributed by atoms with van der Waals surface area (Å²) >= 11 is 3.53. The predicted octanol–water partition coefficient (Wildman–Crippen LogP) is 6.26. The highest BCUT2D eigenvalue weighted by Gasteiger charge is 2.25. The number of benzene rings is 2. The van der Waals surface area contributed by atoms with Gasteiger partial charge in [-0.25, -0.2) is 4.98 Å². The molecule has 1 aromatic heterocycles. The topological polar surface area (TPSA) is 51.2 Å². The molecule has 0 aliphatic carbocycles. The molecule has 1 amide bonds. The molecule has 4 rings (SSSR count). The smallest absolute Gasteiger partial charge is 0.252 e. The first-order valence-electron chi connectivity index (χ1n) is 10.9. The number of carbonyl (C=O) groups is 1. The van der Waals surface area contributed by atoms with E-state index in [9.17, 15) is 4.79 Å². The Morgan fingerprint density at radius 1 is 1.16 bits per heavy atom. The highest BCUT2D eigenvalue weighted by molar-refractivity contribution is 9.10. The molecule has 31 heavy (non-hydrogen) atoms. The Kier molecular flexibility index (Phi) is 6.18. The largest absolute Gasteiger partial charge is 0.376 e. The van der Waals surface area contributed by atoms with Gasteiger partial charge >= 0.3 is 0 Å². The van der Waals surface area contributed by atoms with E-state index in [2.05, 4.69) is 66.3 Å². The molecule has 1 aliphatic rings. The molecule has 0 saturated carbocycles. The maximum absolute atomic E-state index is 13.3. The Labute approximate surface area is 192 Å². The van der Waals surface area contributed by atoms with Gasteiger partial charge in [0.05, 0.1) is 28.9 Å². The fourth-order valence-corrected chi connectivity index (χ4v) is 4.41. The van der Waals surface area contributed by atoms with E-state index in [1.54, 1.807) is 0 Å². The molecule has 1 fully saturated rings. The normalized spacial score (nSPS) is 17.6. The molecule has 162 valence electrons. The van der Waals surface area contributed by atoms with Gasteiger partial charge in [0.15, 0.2) is 0 Å². The summed E-state index contributed by atoms with van der Waals surface area (Å²) in [6.45, 7) is 9.38. The molecule has 0 bridgehead atoms. The molecule has 4 nitrogen and oxygen atoms in total. The van der Waals surface area contributed by atoms with E-state index >= 15 is 0 Å². The third kappa shape index (κ3) is 4.83. The van der Waals surface area contributed by atoms with Crippen molar-refractivity contribution in [2.75, 3.05) is 6.61 Å². The van der Waals surface area contributed by atoms with Crippen molar-refractivity contribution in [1.82, 2.24) is 10.3 Å². The summed E-state index contributed by atoms with van der Waals surface area (Å²) in [5.41, 5.74) is 4.58. The average molecular weight is 481 g/mol. The third-order valence-corrected chi connectivity index (χ3v) is 6.44. The van der Waals surface area contributed by atoms with E-state index in [1.807, 2.05) is 31.2 Å². The Morgan fingerprint density at radius 2 is 1.90 bits per heavy atom. The van der Waals surface area contributed by atoms with Crippen molar-refractivity contribution < 1.29 is 9.53 Å². The van der Waals surface area contributed by atoms with Crippen LogP contribution < -0.4 is 5.32 Å². The van der Waals surface area contributed by atoms with Crippen LogP contribution in [0.3, 0.4) is 0 Å². The number of hydrogen-bond donors (Lipinski definition) is 1. The van der Waals surface area contributed by atoms with Crippen molar-refractivity contribution in [2.45, 2.75) is 58.1 Å². The lowest BCUT2D eigenvalue weighted by molar-refractivity contribution is 0.0713. The summed E-state index contributed by atoms with van der Waals surface area (Å²) in [6, 6.07) is 16.2. The molecule has 2 atom stereocenters. The number of aromatic nitrogens is 1. The van der Waals surface area contributed by atoms with Crippen LogP contribution in [0.2, 0.25) is 0 Å². The fourth-order valence-electron chi connectivity index (χ4n) is 4.05. The van der Waals surface area contributed by atoms with Crippen molar-refractivity contribution >= 4 is 32.7 Å². The van der Waals surface area contributed by atoms with E-state index < -0.39 is 0 Å². The zero-order valence-corrected chi connectivity index (χ0v) is 20.1. The molecule has 2 aromatic carbocycles. The molecule has 0 radical (unpaired) electrons. The summed E-state index contributed by atoms with van der Waals surface area (Å²) < 4.78 is 6.68. The van der Waals surface area contributed by atoms with E-state index in [-0.39, 0.29) is 23.5 Å². The van der Waals surface area contributed by atoms with Gasteiger partial charge in [-0.3, -0.25) is 4.79 Å². The molecular formula is C26H29BrN2O2. The molecule has 2 heterocycles.